The largest absolute Gasteiger partial charge is 0.341 e. The van der Waals surface area contributed by atoms with Gasteiger partial charge in [0.1, 0.15) is 5.03 Å². The number of hydrogen-bond donors (Lipinski definition) is 0. The molecule has 1 aromatic rings. The molecule has 0 unspecified atom stereocenters. The summed E-state index contributed by atoms with van der Waals surface area (Å²) in [7, 11) is 0. The Labute approximate surface area is 131 Å². The number of thioether (sulfide) groups is 1. The summed E-state index contributed by atoms with van der Waals surface area (Å²) in [6.07, 6.45) is 2.06. The molecule has 8 heteroatoms. The SMILES string of the molecule is CC(=O)N1CCCN(C(=O)c2cccnc2SC(F)F)CC1. The molecule has 22 heavy (non-hydrogen) atoms. The molecule has 0 radical (unpaired) electrons. The van der Waals surface area contributed by atoms with Crippen LogP contribution in [0.1, 0.15) is 23.7 Å². The number of nitrogens with zero attached hydrogens (tertiary/aromatic N) is 3. The molecule has 2 rings (SSSR count). The molecule has 0 saturated carbocycles. The summed E-state index contributed by atoms with van der Waals surface area (Å²) >= 11 is 0.272. The predicted octanol–water partition coefficient (Wildman–Crippen LogP) is 2.09. The van der Waals surface area contributed by atoms with Gasteiger partial charge < -0.3 is 9.80 Å². The van der Waals surface area contributed by atoms with Gasteiger partial charge in [0, 0.05) is 39.3 Å². The number of amides is 2. The highest BCUT2D eigenvalue weighted by molar-refractivity contribution is 7.99. The maximum absolute atomic E-state index is 12.6. The number of hydrogen-bond acceptors (Lipinski definition) is 4. The molecule has 0 bridgehead atoms. The van der Waals surface area contributed by atoms with Gasteiger partial charge in [-0.3, -0.25) is 9.59 Å². The van der Waals surface area contributed by atoms with E-state index in [9.17, 15) is 18.4 Å². The van der Waals surface area contributed by atoms with Gasteiger partial charge in [-0.2, -0.15) is 8.78 Å². The quantitative estimate of drug-likeness (QED) is 0.797. The van der Waals surface area contributed by atoms with Crippen molar-refractivity contribution in [2.75, 3.05) is 26.2 Å². The summed E-state index contributed by atoms with van der Waals surface area (Å²) in [6.45, 7) is 3.45. The molecule has 0 aliphatic carbocycles. The summed E-state index contributed by atoms with van der Waals surface area (Å²) in [6, 6.07) is 3.07. The third-order valence-electron chi connectivity index (χ3n) is 3.43. The van der Waals surface area contributed by atoms with Crippen LogP contribution in [0.15, 0.2) is 23.4 Å². The molecule has 5 nitrogen and oxygen atoms in total. The van der Waals surface area contributed by atoms with E-state index in [2.05, 4.69) is 4.98 Å². The monoisotopic (exact) mass is 329 g/mol. The number of carbonyl (C=O) groups is 2. The molecule has 0 spiro atoms. The van der Waals surface area contributed by atoms with E-state index in [1.54, 1.807) is 15.9 Å². The summed E-state index contributed by atoms with van der Waals surface area (Å²) in [5, 5.41) is 0.0372. The summed E-state index contributed by atoms with van der Waals surface area (Å²) in [5.41, 5.74) is 0.184. The van der Waals surface area contributed by atoms with Crippen LogP contribution in [0.4, 0.5) is 8.78 Å². The molecular weight excluding hydrogens is 312 g/mol. The normalized spacial score (nSPS) is 15.8. The van der Waals surface area contributed by atoms with Gasteiger partial charge in [-0.25, -0.2) is 4.98 Å². The number of rotatable bonds is 3. The molecule has 0 atom stereocenters. The lowest BCUT2D eigenvalue weighted by Crippen LogP contribution is -2.36. The average molecular weight is 329 g/mol. The first-order chi connectivity index (χ1) is 10.5. The molecule has 1 aliphatic rings. The molecule has 0 aromatic carbocycles. The third kappa shape index (κ3) is 4.16. The van der Waals surface area contributed by atoms with Gasteiger partial charge in [-0.1, -0.05) is 0 Å². The topological polar surface area (TPSA) is 53.5 Å². The van der Waals surface area contributed by atoms with E-state index in [1.807, 2.05) is 0 Å². The maximum Gasteiger partial charge on any atom is 0.290 e. The van der Waals surface area contributed by atoms with E-state index < -0.39 is 5.76 Å². The lowest BCUT2D eigenvalue weighted by Gasteiger charge is -2.22. The molecule has 2 heterocycles. The number of aromatic nitrogens is 1. The van der Waals surface area contributed by atoms with E-state index in [0.717, 1.165) is 0 Å². The number of halogens is 2. The maximum atomic E-state index is 12.6. The first-order valence-corrected chi connectivity index (χ1v) is 7.81. The Balaban J connectivity index is 2.13. The van der Waals surface area contributed by atoms with Crippen LogP contribution in [-0.4, -0.2) is 58.5 Å². The lowest BCUT2D eigenvalue weighted by atomic mass is 10.2. The van der Waals surface area contributed by atoms with E-state index in [-0.39, 0.29) is 34.2 Å². The zero-order chi connectivity index (χ0) is 16.1. The fraction of sp³-hybridized carbons (Fsp3) is 0.500. The van der Waals surface area contributed by atoms with Gasteiger partial charge in [0.2, 0.25) is 5.91 Å². The van der Waals surface area contributed by atoms with Crippen LogP contribution in [-0.2, 0) is 4.79 Å². The Morgan fingerprint density at radius 1 is 1.23 bits per heavy atom. The van der Waals surface area contributed by atoms with Crippen LogP contribution in [0.25, 0.3) is 0 Å². The summed E-state index contributed by atoms with van der Waals surface area (Å²) in [4.78, 5) is 31.1. The summed E-state index contributed by atoms with van der Waals surface area (Å²) < 4.78 is 25.1. The molecule has 1 fully saturated rings. The highest BCUT2D eigenvalue weighted by atomic mass is 32.2. The Morgan fingerprint density at radius 2 is 1.91 bits per heavy atom. The van der Waals surface area contributed by atoms with Crippen molar-refractivity contribution in [3.05, 3.63) is 23.9 Å². The van der Waals surface area contributed by atoms with Gasteiger partial charge in [0.25, 0.3) is 11.7 Å². The minimum Gasteiger partial charge on any atom is -0.341 e. The summed E-state index contributed by atoms with van der Waals surface area (Å²) in [5.74, 6) is -2.97. The standard InChI is InChI=1S/C14H17F2N3O2S/c1-10(20)18-6-3-7-19(9-8-18)13(21)11-4-2-5-17-12(11)22-14(15)16/h2,4-5,14H,3,6-9H2,1H3. The smallest absolute Gasteiger partial charge is 0.290 e. The second-order valence-electron chi connectivity index (χ2n) is 4.89. The van der Waals surface area contributed by atoms with Gasteiger partial charge in [-0.15, -0.1) is 0 Å². The number of carbonyl (C=O) groups excluding carboxylic acids is 2. The zero-order valence-corrected chi connectivity index (χ0v) is 13.0. The van der Waals surface area contributed by atoms with Crippen molar-refractivity contribution in [3.63, 3.8) is 0 Å². The fourth-order valence-electron chi connectivity index (χ4n) is 2.34. The minimum absolute atomic E-state index is 0.0235. The number of pyridine rings is 1. The van der Waals surface area contributed by atoms with Crippen LogP contribution in [0, 0.1) is 0 Å². The van der Waals surface area contributed by atoms with Gasteiger partial charge >= 0.3 is 0 Å². The highest BCUT2D eigenvalue weighted by Crippen LogP contribution is 2.27. The molecule has 2 amide bonds. The Morgan fingerprint density at radius 3 is 2.59 bits per heavy atom. The van der Waals surface area contributed by atoms with E-state index in [0.29, 0.717) is 32.6 Å². The zero-order valence-electron chi connectivity index (χ0n) is 12.2. The second kappa shape index (κ2) is 7.53. The highest BCUT2D eigenvalue weighted by Gasteiger charge is 2.24. The first kappa shape index (κ1) is 16.7. The molecule has 120 valence electrons. The van der Waals surface area contributed by atoms with E-state index in [1.165, 1.54) is 19.2 Å². The van der Waals surface area contributed by atoms with Crippen molar-refractivity contribution in [3.8, 4) is 0 Å². The van der Waals surface area contributed by atoms with Crippen molar-refractivity contribution in [1.29, 1.82) is 0 Å². The van der Waals surface area contributed by atoms with Gasteiger partial charge in [0.05, 0.1) is 5.56 Å². The lowest BCUT2D eigenvalue weighted by molar-refractivity contribution is -0.128. The third-order valence-corrected chi connectivity index (χ3v) is 4.16. The Bertz CT molecular complexity index is 557. The predicted molar refractivity (Wildman–Crippen MR) is 78.9 cm³/mol. The Kier molecular flexibility index (Phi) is 5.70. The fourth-order valence-corrected chi connectivity index (χ4v) is 2.91. The van der Waals surface area contributed by atoms with Gasteiger partial charge in [-0.05, 0) is 30.3 Å². The average Bonchev–Trinajstić information content (AvgIpc) is 2.72. The van der Waals surface area contributed by atoms with Gasteiger partial charge in [0.15, 0.2) is 0 Å². The van der Waals surface area contributed by atoms with Crippen molar-refractivity contribution in [1.82, 2.24) is 14.8 Å². The Hall–Kier alpha value is -1.70. The second-order valence-corrected chi connectivity index (χ2v) is 5.87. The van der Waals surface area contributed by atoms with Crippen LogP contribution in [0.2, 0.25) is 0 Å². The van der Waals surface area contributed by atoms with Crippen molar-refractivity contribution in [2.24, 2.45) is 0 Å². The van der Waals surface area contributed by atoms with E-state index >= 15 is 0 Å². The number of alkyl halides is 2. The molecule has 0 N–H and O–H groups in total. The van der Waals surface area contributed by atoms with E-state index in [4.69, 9.17) is 0 Å². The van der Waals surface area contributed by atoms with Crippen LogP contribution in [0.3, 0.4) is 0 Å². The molecule has 1 aromatic heterocycles. The molecule has 1 aliphatic heterocycles. The van der Waals surface area contributed by atoms with Crippen molar-refractivity contribution < 1.29 is 18.4 Å². The van der Waals surface area contributed by atoms with Crippen molar-refractivity contribution in [2.45, 2.75) is 24.1 Å². The molecule has 1 saturated heterocycles. The van der Waals surface area contributed by atoms with Crippen molar-refractivity contribution >= 4 is 23.6 Å². The van der Waals surface area contributed by atoms with Crippen LogP contribution in [0.5, 0.6) is 0 Å². The minimum atomic E-state index is -2.63. The van der Waals surface area contributed by atoms with Crippen LogP contribution < -0.4 is 0 Å². The van der Waals surface area contributed by atoms with Crippen LogP contribution >= 0.6 is 11.8 Å². The molecular formula is C14H17F2N3O2S. The first-order valence-electron chi connectivity index (χ1n) is 6.93.